The molecule has 0 saturated carbocycles. The van der Waals surface area contributed by atoms with Gasteiger partial charge in [-0.3, -0.25) is 10.1 Å². The molecule has 0 spiro atoms. The van der Waals surface area contributed by atoms with Crippen LogP contribution in [0.1, 0.15) is 59.0 Å². The highest BCUT2D eigenvalue weighted by Gasteiger charge is 2.29. The van der Waals surface area contributed by atoms with Crippen LogP contribution in [0.15, 0.2) is 60.2 Å². The summed E-state index contributed by atoms with van der Waals surface area (Å²) >= 11 is 1.41. The van der Waals surface area contributed by atoms with Crippen molar-refractivity contribution in [2.45, 2.75) is 51.3 Å². The first-order valence-corrected chi connectivity index (χ1v) is 15.3. The van der Waals surface area contributed by atoms with Crippen LogP contribution >= 0.6 is 11.3 Å². The second kappa shape index (κ2) is 12.4. The van der Waals surface area contributed by atoms with Gasteiger partial charge in [-0.05, 0) is 73.4 Å². The number of nitrogens with two attached hydrogens (primary N) is 1. The number of hydrogen-bond donors (Lipinski definition) is 2. The monoisotopic (exact) mass is 603 g/mol. The molecule has 0 radical (unpaired) electrons. The first kappa shape index (κ1) is 28.7. The molecule has 1 atom stereocenters. The molecule has 6 rings (SSSR count). The average molecular weight is 604 g/mol. The minimum atomic E-state index is -0.549. The number of likely N-dealkylation sites (tertiary alicyclic amines) is 1. The number of nitrogens with one attached hydrogen (secondary N) is 1. The van der Waals surface area contributed by atoms with Crippen LogP contribution in [0.25, 0.3) is 0 Å². The third-order valence-electron chi connectivity index (χ3n) is 7.97. The van der Waals surface area contributed by atoms with E-state index in [0.29, 0.717) is 30.5 Å². The molecule has 3 aromatic heterocycles. The number of primary amides is 1. The van der Waals surface area contributed by atoms with Gasteiger partial charge in [0.05, 0.1) is 11.7 Å². The SMILES string of the molecule is Cc1cc(C(=O)Nc2nc(C3CCCN3c3ccc(OC4CCN(C(N)=O)CC4)cc3)cs2)n(Cc2ccnc(F)c2)c1. The maximum Gasteiger partial charge on any atom is 0.314 e. The van der Waals surface area contributed by atoms with Crippen LogP contribution in [0.2, 0.25) is 0 Å². The smallest absolute Gasteiger partial charge is 0.314 e. The van der Waals surface area contributed by atoms with Gasteiger partial charge in [0.2, 0.25) is 5.95 Å². The molecule has 43 heavy (non-hydrogen) atoms. The number of halogens is 1. The van der Waals surface area contributed by atoms with Gasteiger partial charge in [0.15, 0.2) is 5.13 Å². The number of rotatable bonds is 8. The number of pyridine rings is 1. The van der Waals surface area contributed by atoms with Crippen LogP contribution in [0.4, 0.5) is 20.0 Å². The Labute approximate surface area is 253 Å². The summed E-state index contributed by atoms with van der Waals surface area (Å²) in [7, 11) is 0. The normalized spacial score (nSPS) is 17.3. The zero-order valence-electron chi connectivity index (χ0n) is 23.9. The van der Waals surface area contributed by atoms with Gasteiger partial charge in [0.25, 0.3) is 5.91 Å². The van der Waals surface area contributed by atoms with Crippen molar-refractivity contribution >= 4 is 34.1 Å². The molecule has 5 heterocycles. The number of urea groups is 1. The van der Waals surface area contributed by atoms with Gasteiger partial charge in [0.1, 0.15) is 17.5 Å². The van der Waals surface area contributed by atoms with Crippen LogP contribution < -0.4 is 20.7 Å². The summed E-state index contributed by atoms with van der Waals surface area (Å²) in [6.07, 6.45) is 6.90. The van der Waals surface area contributed by atoms with Crippen LogP contribution in [0, 0.1) is 12.9 Å². The molecule has 3 N–H and O–H groups in total. The molecule has 0 bridgehead atoms. The highest BCUT2D eigenvalue weighted by atomic mass is 32.1. The Morgan fingerprint density at radius 1 is 1.12 bits per heavy atom. The molecular weight excluding hydrogens is 569 g/mol. The highest BCUT2D eigenvalue weighted by molar-refractivity contribution is 7.14. The Kier molecular flexibility index (Phi) is 8.28. The molecule has 1 unspecified atom stereocenters. The molecule has 1 aromatic carbocycles. The summed E-state index contributed by atoms with van der Waals surface area (Å²) in [6, 6.07) is 12.8. The third-order valence-corrected chi connectivity index (χ3v) is 8.75. The van der Waals surface area contributed by atoms with Crippen LogP contribution in [0.5, 0.6) is 5.75 Å². The van der Waals surface area contributed by atoms with Crippen molar-refractivity contribution in [2.75, 3.05) is 29.9 Å². The van der Waals surface area contributed by atoms with E-state index in [1.807, 2.05) is 41.3 Å². The van der Waals surface area contributed by atoms with E-state index in [-0.39, 0.29) is 24.1 Å². The number of hydrogen-bond acceptors (Lipinski definition) is 7. The van der Waals surface area contributed by atoms with E-state index in [1.54, 1.807) is 11.0 Å². The van der Waals surface area contributed by atoms with E-state index in [4.69, 9.17) is 15.5 Å². The van der Waals surface area contributed by atoms with Gasteiger partial charge in [-0.1, -0.05) is 0 Å². The van der Waals surface area contributed by atoms with Gasteiger partial charge < -0.3 is 24.8 Å². The lowest BCUT2D eigenvalue weighted by Gasteiger charge is -2.31. The minimum Gasteiger partial charge on any atom is -0.490 e. The first-order valence-electron chi connectivity index (χ1n) is 14.4. The predicted molar refractivity (Wildman–Crippen MR) is 163 cm³/mol. The number of nitrogens with zero attached hydrogens (tertiary/aromatic N) is 5. The third kappa shape index (κ3) is 6.64. The zero-order valence-corrected chi connectivity index (χ0v) is 24.7. The van der Waals surface area contributed by atoms with Crippen molar-refractivity contribution in [1.29, 1.82) is 0 Å². The van der Waals surface area contributed by atoms with Crippen molar-refractivity contribution < 1.29 is 18.7 Å². The molecule has 12 heteroatoms. The standard InChI is InChI=1S/C31H34FN7O3S/c1-20-15-27(38(17-20)18-21-8-11-34-28(32)16-21)29(40)36-31-35-25(19-43-31)26-3-2-12-39(26)22-4-6-23(7-5-22)42-24-9-13-37(14-10-24)30(33)41/h4-8,11,15-17,19,24,26H,2-3,9-10,12-14,18H2,1H3,(H2,33,41)(H,35,36,40). The lowest BCUT2D eigenvalue weighted by molar-refractivity contribution is 0.101. The van der Waals surface area contributed by atoms with Crippen molar-refractivity contribution in [1.82, 2.24) is 19.4 Å². The lowest BCUT2D eigenvalue weighted by Crippen LogP contribution is -2.44. The van der Waals surface area contributed by atoms with Gasteiger partial charge >= 0.3 is 6.03 Å². The molecule has 3 amide bonds. The number of ether oxygens (including phenoxy) is 1. The number of aromatic nitrogens is 3. The van der Waals surface area contributed by atoms with E-state index in [2.05, 4.69) is 27.3 Å². The second-order valence-electron chi connectivity index (χ2n) is 11.0. The number of amides is 3. The van der Waals surface area contributed by atoms with Crippen LogP contribution in [-0.4, -0.2) is 57.1 Å². The summed E-state index contributed by atoms with van der Waals surface area (Å²) in [5, 5.41) is 5.51. The summed E-state index contributed by atoms with van der Waals surface area (Å²) in [6.45, 7) is 4.42. The quantitative estimate of drug-likeness (QED) is 0.262. The maximum atomic E-state index is 13.6. The molecule has 10 nitrogen and oxygen atoms in total. The number of benzene rings is 1. The summed E-state index contributed by atoms with van der Waals surface area (Å²) in [4.78, 5) is 37.0. The van der Waals surface area contributed by atoms with Gasteiger partial charge in [-0.2, -0.15) is 4.39 Å². The number of aryl methyl sites for hydroxylation is 1. The average Bonchev–Trinajstić information content (AvgIpc) is 3.74. The van der Waals surface area contributed by atoms with E-state index in [1.165, 1.54) is 23.6 Å². The van der Waals surface area contributed by atoms with Gasteiger partial charge in [0, 0.05) is 62.5 Å². The fourth-order valence-corrected chi connectivity index (χ4v) is 6.61. The largest absolute Gasteiger partial charge is 0.490 e. The molecule has 2 aliphatic rings. The van der Waals surface area contributed by atoms with Crippen molar-refractivity contribution in [2.24, 2.45) is 5.73 Å². The predicted octanol–water partition coefficient (Wildman–Crippen LogP) is 5.35. The molecule has 2 fully saturated rings. The molecule has 2 aliphatic heterocycles. The number of anilines is 2. The molecule has 2 saturated heterocycles. The summed E-state index contributed by atoms with van der Waals surface area (Å²) in [5.41, 5.74) is 9.55. The van der Waals surface area contributed by atoms with E-state index >= 15 is 0 Å². The van der Waals surface area contributed by atoms with Crippen molar-refractivity contribution in [3.63, 3.8) is 0 Å². The maximum absolute atomic E-state index is 13.6. The Morgan fingerprint density at radius 2 is 1.91 bits per heavy atom. The number of thiazole rings is 1. The first-order chi connectivity index (χ1) is 20.8. The van der Waals surface area contributed by atoms with Crippen LogP contribution in [-0.2, 0) is 6.54 Å². The Balaban J connectivity index is 1.08. The zero-order chi connectivity index (χ0) is 29.9. The van der Waals surface area contributed by atoms with E-state index < -0.39 is 5.95 Å². The lowest BCUT2D eigenvalue weighted by atomic mass is 10.1. The number of carbonyl (C=O) groups excluding carboxylic acids is 2. The Bertz CT molecular complexity index is 1600. The molecule has 0 aliphatic carbocycles. The molecule has 224 valence electrons. The Morgan fingerprint density at radius 3 is 2.65 bits per heavy atom. The Hall–Kier alpha value is -4.45. The van der Waals surface area contributed by atoms with Gasteiger partial charge in [-0.25, -0.2) is 14.8 Å². The fourth-order valence-electron chi connectivity index (χ4n) is 5.86. The highest BCUT2D eigenvalue weighted by Crippen LogP contribution is 2.38. The minimum absolute atomic E-state index is 0.0648. The number of piperidine rings is 1. The fraction of sp³-hybridized carbons (Fsp3) is 0.355. The van der Waals surface area contributed by atoms with Gasteiger partial charge in [-0.15, -0.1) is 11.3 Å². The second-order valence-corrected chi connectivity index (χ2v) is 11.9. The topological polar surface area (TPSA) is 119 Å². The van der Waals surface area contributed by atoms with Crippen molar-refractivity contribution in [3.8, 4) is 5.75 Å². The van der Waals surface area contributed by atoms with Crippen molar-refractivity contribution in [3.05, 3.63) is 88.7 Å². The molecule has 4 aromatic rings. The van der Waals surface area contributed by atoms with Crippen LogP contribution in [0.3, 0.4) is 0 Å². The molecular formula is C31H34FN7O3S. The summed E-state index contributed by atoms with van der Waals surface area (Å²) < 4.78 is 21.6. The summed E-state index contributed by atoms with van der Waals surface area (Å²) in [5.74, 6) is -0.000638. The van der Waals surface area contributed by atoms with E-state index in [9.17, 15) is 14.0 Å². The number of carbonyl (C=O) groups is 2. The van der Waals surface area contributed by atoms with E-state index in [0.717, 1.165) is 60.5 Å².